The SMILES string of the molecule is CCCCCC/C=C\CCCCCCCC(=O)OC(COC(=O)CCCCCCCCCCCCCCC)COC(OCC[N+](C)(C)C)C(=O)[O-]. The van der Waals surface area contributed by atoms with Gasteiger partial charge in [-0.15, -0.1) is 0 Å². The van der Waals surface area contributed by atoms with Crippen LogP contribution in [0.1, 0.15) is 181 Å². The molecule has 0 spiro atoms. The molecule has 0 saturated carbocycles. The Labute approximate surface area is 313 Å². The number of hydrogen-bond donors (Lipinski definition) is 0. The van der Waals surface area contributed by atoms with Crippen LogP contribution in [0.4, 0.5) is 0 Å². The second-order valence-corrected chi connectivity index (χ2v) is 15.3. The van der Waals surface area contributed by atoms with Crippen molar-refractivity contribution in [3.63, 3.8) is 0 Å². The number of carboxylic acid groups (broad SMARTS) is 1. The molecular formula is C42H79NO8. The second kappa shape index (κ2) is 35.1. The number of rotatable bonds is 38. The molecule has 0 aromatic heterocycles. The van der Waals surface area contributed by atoms with Crippen molar-refractivity contribution in [1.82, 2.24) is 0 Å². The van der Waals surface area contributed by atoms with Crippen LogP contribution in [0, 0.1) is 0 Å². The fourth-order valence-corrected chi connectivity index (χ4v) is 5.71. The Balaban J connectivity index is 4.49. The number of nitrogens with zero attached hydrogens (tertiary/aromatic N) is 1. The van der Waals surface area contributed by atoms with Crippen LogP contribution < -0.4 is 5.11 Å². The zero-order chi connectivity index (χ0) is 37.8. The number of allylic oxidation sites excluding steroid dienone is 2. The van der Waals surface area contributed by atoms with Crippen molar-refractivity contribution < 1.29 is 42.9 Å². The molecule has 0 heterocycles. The molecule has 0 fully saturated rings. The maximum absolute atomic E-state index is 12.7. The van der Waals surface area contributed by atoms with Gasteiger partial charge >= 0.3 is 11.9 Å². The van der Waals surface area contributed by atoms with Gasteiger partial charge in [0.25, 0.3) is 0 Å². The van der Waals surface area contributed by atoms with Crippen molar-refractivity contribution in [3.05, 3.63) is 12.2 Å². The smallest absolute Gasteiger partial charge is 0.306 e. The van der Waals surface area contributed by atoms with E-state index in [1.54, 1.807) is 0 Å². The Hall–Kier alpha value is -1.97. The van der Waals surface area contributed by atoms with E-state index in [2.05, 4.69) is 26.0 Å². The van der Waals surface area contributed by atoms with Crippen molar-refractivity contribution in [2.24, 2.45) is 0 Å². The Morgan fingerprint density at radius 2 is 1.00 bits per heavy atom. The average Bonchev–Trinajstić information content (AvgIpc) is 3.08. The lowest BCUT2D eigenvalue weighted by atomic mass is 10.0. The maximum atomic E-state index is 12.7. The molecular weight excluding hydrogens is 646 g/mol. The third kappa shape index (κ3) is 36.2. The molecule has 2 atom stereocenters. The van der Waals surface area contributed by atoms with E-state index in [1.165, 1.54) is 96.3 Å². The number of hydrogen-bond acceptors (Lipinski definition) is 8. The normalized spacial score (nSPS) is 13.0. The van der Waals surface area contributed by atoms with Crippen LogP contribution in [0.25, 0.3) is 0 Å². The molecule has 0 radical (unpaired) electrons. The third-order valence-electron chi connectivity index (χ3n) is 9.01. The molecule has 0 N–H and O–H groups in total. The molecule has 0 aromatic carbocycles. The van der Waals surface area contributed by atoms with Crippen LogP contribution in [-0.4, -0.2) is 82.3 Å². The standard InChI is InChI=1S/C42H79NO8/c1-6-8-10-12-14-16-18-20-22-24-26-28-30-32-39(44)49-36-38(37-50-42(41(46)47)48-35-34-43(3,4)5)51-40(45)33-31-29-27-25-23-21-19-17-15-13-11-9-7-2/h17,19,38,42H,6-16,18,20-37H2,1-5H3/b19-17-. The predicted molar refractivity (Wildman–Crippen MR) is 205 cm³/mol. The average molecular weight is 726 g/mol. The van der Waals surface area contributed by atoms with E-state index in [4.69, 9.17) is 18.9 Å². The zero-order valence-electron chi connectivity index (χ0n) is 33.7. The topological polar surface area (TPSA) is 111 Å². The van der Waals surface area contributed by atoms with Gasteiger partial charge in [-0.1, -0.05) is 142 Å². The third-order valence-corrected chi connectivity index (χ3v) is 9.01. The minimum atomic E-state index is -1.62. The number of carbonyl (C=O) groups is 3. The number of ether oxygens (including phenoxy) is 4. The van der Waals surface area contributed by atoms with E-state index in [9.17, 15) is 19.5 Å². The van der Waals surface area contributed by atoms with Crippen LogP contribution in [0.5, 0.6) is 0 Å². The van der Waals surface area contributed by atoms with E-state index in [0.29, 0.717) is 23.9 Å². The molecule has 0 rings (SSSR count). The van der Waals surface area contributed by atoms with Gasteiger partial charge in [-0.3, -0.25) is 9.59 Å². The number of carbonyl (C=O) groups excluding carboxylic acids is 3. The van der Waals surface area contributed by atoms with Gasteiger partial charge in [-0.2, -0.15) is 0 Å². The fourth-order valence-electron chi connectivity index (χ4n) is 5.71. The summed E-state index contributed by atoms with van der Waals surface area (Å²) in [6.07, 6.45) is 30.9. The summed E-state index contributed by atoms with van der Waals surface area (Å²) in [7, 11) is 5.90. The van der Waals surface area contributed by atoms with Crippen LogP contribution in [0.2, 0.25) is 0 Å². The number of unbranched alkanes of at least 4 members (excludes halogenated alkanes) is 21. The number of esters is 2. The minimum absolute atomic E-state index is 0.149. The second-order valence-electron chi connectivity index (χ2n) is 15.3. The van der Waals surface area contributed by atoms with Crippen molar-refractivity contribution in [2.45, 2.75) is 193 Å². The minimum Gasteiger partial charge on any atom is -0.545 e. The molecule has 0 aliphatic rings. The van der Waals surface area contributed by atoms with E-state index in [0.717, 1.165) is 51.4 Å². The summed E-state index contributed by atoms with van der Waals surface area (Å²) >= 11 is 0. The Morgan fingerprint density at radius 1 is 0.569 bits per heavy atom. The van der Waals surface area contributed by atoms with Gasteiger partial charge in [0, 0.05) is 12.8 Å². The van der Waals surface area contributed by atoms with Crippen LogP contribution in [0.3, 0.4) is 0 Å². The summed E-state index contributed by atoms with van der Waals surface area (Å²) < 4.78 is 22.5. The lowest BCUT2D eigenvalue weighted by Gasteiger charge is -2.26. The summed E-state index contributed by atoms with van der Waals surface area (Å²) in [6.45, 7) is 4.71. The lowest BCUT2D eigenvalue weighted by Crippen LogP contribution is -2.44. The first kappa shape index (κ1) is 49.0. The Morgan fingerprint density at radius 3 is 1.47 bits per heavy atom. The number of likely N-dealkylation sites (N-methyl/N-ethyl adjacent to an activating group) is 1. The first-order chi connectivity index (χ1) is 24.6. The summed E-state index contributed by atoms with van der Waals surface area (Å²) in [6, 6.07) is 0. The molecule has 0 amide bonds. The Bertz CT molecular complexity index is 856. The highest BCUT2D eigenvalue weighted by atomic mass is 16.7. The molecule has 9 heteroatoms. The van der Waals surface area contributed by atoms with Gasteiger partial charge in [0.2, 0.25) is 0 Å². The van der Waals surface area contributed by atoms with Crippen LogP contribution >= 0.6 is 0 Å². The van der Waals surface area contributed by atoms with E-state index in [-0.39, 0.29) is 32.2 Å². The maximum Gasteiger partial charge on any atom is 0.306 e. The number of carboxylic acids is 1. The number of quaternary nitrogens is 1. The van der Waals surface area contributed by atoms with Crippen molar-refractivity contribution >= 4 is 17.9 Å². The van der Waals surface area contributed by atoms with Gasteiger partial charge in [0.15, 0.2) is 12.4 Å². The van der Waals surface area contributed by atoms with Crippen molar-refractivity contribution in [2.75, 3.05) is 47.5 Å². The van der Waals surface area contributed by atoms with Crippen LogP contribution in [-0.2, 0) is 33.3 Å². The summed E-state index contributed by atoms with van der Waals surface area (Å²) in [4.78, 5) is 36.8. The predicted octanol–water partition coefficient (Wildman–Crippen LogP) is 9.00. The van der Waals surface area contributed by atoms with Gasteiger partial charge in [-0.25, -0.2) is 0 Å². The van der Waals surface area contributed by atoms with Gasteiger partial charge in [0.05, 0.1) is 40.3 Å². The van der Waals surface area contributed by atoms with Crippen molar-refractivity contribution in [1.29, 1.82) is 0 Å². The quantitative estimate of drug-likeness (QED) is 0.0204. The van der Waals surface area contributed by atoms with E-state index < -0.39 is 24.3 Å². The van der Waals surface area contributed by atoms with Gasteiger partial charge in [0.1, 0.15) is 13.2 Å². The Kier molecular flexibility index (Phi) is 33.7. The molecule has 0 bridgehead atoms. The molecule has 0 aliphatic carbocycles. The largest absolute Gasteiger partial charge is 0.545 e. The number of aliphatic carboxylic acids is 1. The molecule has 0 aliphatic heterocycles. The fraction of sp³-hybridized carbons (Fsp3) is 0.881. The van der Waals surface area contributed by atoms with Gasteiger partial charge in [-0.05, 0) is 38.5 Å². The molecule has 9 nitrogen and oxygen atoms in total. The van der Waals surface area contributed by atoms with E-state index in [1.807, 2.05) is 21.1 Å². The summed E-state index contributed by atoms with van der Waals surface area (Å²) in [5, 5.41) is 11.6. The highest BCUT2D eigenvalue weighted by molar-refractivity contribution is 5.70. The first-order valence-corrected chi connectivity index (χ1v) is 20.8. The van der Waals surface area contributed by atoms with Crippen LogP contribution in [0.15, 0.2) is 12.2 Å². The monoisotopic (exact) mass is 726 g/mol. The van der Waals surface area contributed by atoms with Gasteiger partial charge < -0.3 is 33.3 Å². The zero-order valence-corrected chi connectivity index (χ0v) is 33.7. The highest BCUT2D eigenvalue weighted by Gasteiger charge is 2.21. The molecule has 51 heavy (non-hydrogen) atoms. The molecule has 0 aromatic rings. The lowest BCUT2D eigenvalue weighted by molar-refractivity contribution is -0.870. The summed E-state index contributed by atoms with van der Waals surface area (Å²) in [5.74, 6) is -2.29. The molecule has 0 saturated heterocycles. The molecule has 300 valence electrons. The highest BCUT2D eigenvalue weighted by Crippen LogP contribution is 2.14. The van der Waals surface area contributed by atoms with Crippen molar-refractivity contribution in [3.8, 4) is 0 Å². The van der Waals surface area contributed by atoms with E-state index >= 15 is 0 Å². The first-order valence-electron chi connectivity index (χ1n) is 20.8. The summed E-state index contributed by atoms with van der Waals surface area (Å²) in [5.41, 5.74) is 0. The molecule has 2 unspecified atom stereocenters.